The maximum absolute atomic E-state index is 8.92. The standard InChI is InChI=1S/C13H15NO/c1-10-6-8-11(9-7-10)12-4-2-3-5-13(12)14-15/h4,6-9,15H,2-3,5H2,1H3. The minimum absolute atomic E-state index is 0.810. The highest BCUT2D eigenvalue weighted by molar-refractivity contribution is 6.24. The summed E-state index contributed by atoms with van der Waals surface area (Å²) in [5.41, 5.74) is 4.29. The molecule has 1 aromatic rings. The molecule has 0 unspecified atom stereocenters. The molecule has 0 saturated heterocycles. The number of nitrogens with zero attached hydrogens (tertiary/aromatic N) is 1. The fourth-order valence-electron chi connectivity index (χ4n) is 1.89. The zero-order valence-electron chi connectivity index (χ0n) is 8.90. The average molecular weight is 201 g/mol. The monoisotopic (exact) mass is 201 g/mol. The Labute approximate surface area is 89.9 Å². The fraction of sp³-hybridized carbons (Fsp3) is 0.308. The van der Waals surface area contributed by atoms with Crippen molar-refractivity contribution in [2.24, 2.45) is 5.16 Å². The molecule has 0 aromatic heterocycles. The minimum atomic E-state index is 0.810. The molecule has 0 amide bonds. The third kappa shape index (κ3) is 2.09. The van der Waals surface area contributed by atoms with Crippen LogP contribution < -0.4 is 0 Å². The maximum atomic E-state index is 8.92. The van der Waals surface area contributed by atoms with Gasteiger partial charge in [0.25, 0.3) is 0 Å². The lowest BCUT2D eigenvalue weighted by molar-refractivity contribution is 0.318. The van der Waals surface area contributed by atoms with E-state index in [1.54, 1.807) is 0 Å². The Morgan fingerprint density at radius 3 is 2.60 bits per heavy atom. The summed E-state index contributed by atoms with van der Waals surface area (Å²) in [5, 5.41) is 12.3. The quantitative estimate of drug-likeness (QED) is 0.548. The number of benzene rings is 1. The number of aryl methyl sites for hydroxylation is 1. The summed E-state index contributed by atoms with van der Waals surface area (Å²) < 4.78 is 0. The summed E-state index contributed by atoms with van der Waals surface area (Å²) in [5.74, 6) is 0. The van der Waals surface area contributed by atoms with Crippen molar-refractivity contribution < 1.29 is 5.21 Å². The van der Waals surface area contributed by atoms with Crippen molar-refractivity contribution in [2.45, 2.75) is 26.2 Å². The van der Waals surface area contributed by atoms with Crippen molar-refractivity contribution in [3.05, 3.63) is 41.5 Å². The first kappa shape index (κ1) is 9.97. The molecule has 2 rings (SSSR count). The van der Waals surface area contributed by atoms with Crippen molar-refractivity contribution in [1.82, 2.24) is 0 Å². The molecule has 1 aliphatic rings. The first-order chi connectivity index (χ1) is 7.31. The Morgan fingerprint density at radius 2 is 1.93 bits per heavy atom. The highest BCUT2D eigenvalue weighted by Crippen LogP contribution is 2.24. The molecule has 1 aliphatic carbocycles. The number of hydrogen-bond acceptors (Lipinski definition) is 2. The molecule has 2 heteroatoms. The maximum Gasteiger partial charge on any atom is 0.0870 e. The Hall–Kier alpha value is -1.57. The fourth-order valence-corrected chi connectivity index (χ4v) is 1.89. The molecule has 78 valence electrons. The van der Waals surface area contributed by atoms with Gasteiger partial charge in [0.05, 0.1) is 5.71 Å². The van der Waals surface area contributed by atoms with Gasteiger partial charge >= 0.3 is 0 Å². The van der Waals surface area contributed by atoms with E-state index in [0.717, 1.165) is 36.1 Å². The Bertz CT molecular complexity index is 401. The van der Waals surface area contributed by atoms with E-state index in [-0.39, 0.29) is 0 Å². The summed E-state index contributed by atoms with van der Waals surface area (Å²) in [4.78, 5) is 0. The van der Waals surface area contributed by atoms with Crippen LogP contribution in [0.15, 0.2) is 35.5 Å². The third-order valence-corrected chi connectivity index (χ3v) is 2.76. The second-order valence-corrected chi connectivity index (χ2v) is 3.92. The van der Waals surface area contributed by atoms with Crippen LogP contribution in [0, 0.1) is 6.92 Å². The highest BCUT2D eigenvalue weighted by Gasteiger charge is 2.13. The second-order valence-electron chi connectivity index (χ2n) is 3.92. The van der Waals surface area contributed by atoms with Gasteiger partial charge in [-0.25, -0.2) is 0 Å². The second kappa shape index (κ2) is 4.30. The van der Waals surface area contributed by atoms with Crippen LogP contribution in [-0.2, 0) is 0 Å². The molecule has 0 heterocycles. The van der Waals surface area contributed by atoms with Gasteiger partial charge in [-0.05, 0) is 31.7 Å². The molecule has 1 aromatic carbocycles. The van der Waals surface area contributed by atoms with Gasteiger partial charge in [0.15, 0.2) is 0 Å². The molecule has 0 spiro atoms. The van der Waals surface area contributed by atoms with Gasteiger partial charge in [-0.15, -0.1) is 0 Å². The zero-order chi connectivity index (χ0) is 10.7. The van der Waals surface area contributed by atoms with Gasteiger partial charge in [-0.2, -0.15) is 0 Å². The molecular formula is C13H15NO. The van der Waals surface area contributed by atoms with Crippen LogP contribution in [0.2, 0.25) is 0 Å². The molecule has 2 nitrogen and oxygen atoms in total. The predicted octanol–water partition coefficient (Wildman–Crippen LogP) is 3.39. The molecule has 0 atom stereocenters. The van der Waals surface area contributed by atoms with E-state index in [4.69, 9.17) is 5.21 Å². The van der Waals surface area contributed by atoms with Crippen molar-refractivity contribution >= 4 is 11.3 Å². The van der Waals surface area contributed by atoms with Crippen molar-refractivity contribution in [3.63, 3.8) is 0 Å². The van der Waals surface area contributed by atoms with Crippen LogP contribution in [0.25, 0.3) is 5.57 Å². The average Bonchev–Trinajstić information content (AvgIpc) is 2.30. The van der Waals surface area contributed by atoms with E-state index in [9.17, 15) is 0 Å². The molecule has 0 aliphatic heterocycles. The van der Waals surface area contributed by atoms with Crippen molar-refractivity contribution in [3.8, 4) is 0 Å². The van der Waals surface area contributed by atoms with Crippen LogP contribution >= 0.6 is 0 Å². The van der Waals surface area contributed by atoms with E-state index in [1.807, 2.05) is 0 Å². The first-order valence-electron chi connectivity index (χ1n) is 5.30. The zero-order valence-corrected chi connectivity index (χ0v) is 8.90. The lowest BCUT2D eigenvalue weighted by atomic mass is 9.91. The van der Waals surface area contributed by atoms with Crippen LogP contribution in [-0.4, -0.2) is 10.9 Å². The smallest absolute Gasteiger partial charge is 0.0870 e. The summed E-state index contributed by atoms with van der Waals surface area (Å²) >= 11 is 0. The third-order valence-electron chi connectivity index (χ3n) is 2.76. The molecular weight excluding hydrogens is 186 g/mol. The van der Waals surface area contributed by atoms with Gasteiger partial charge < -0.3 is 5.21 Å². The van der Waals surface area contributed by atoms with E-state index >= 15 is 0 Å². The summed E-state index contributed by atoms with van der Waals surface area (Å²) in [6.45, 7) is 2.07. The van der Waals surface area contributed by atoms with E-state index in [1.165, 1.54) is 5.56 Å². The number of hydrogen-bond donors (Lipinski definition) is 1. The topological polar surface area (TPSA) is 32.6 Å². The molecule has 0 radical (unpaired) electrons. The number of oxime groups is 1. The Balaban J connectivity index is 2.37. The van der Waals surface area contributed by atoms with E-state index < -0.39 is 0 Å². The van der Waals surface area contributed by atoms with Crippen molar-refractivity contribution in [1.29, 1.82) is 0 Å². The van der Waals surface area contributed by atoms with Gasteiger partial charge in [-0.3, -0.25) is 0 Å². The Morgan fingerprint density at radius 1 is 1.20 bits per heavy atom. The minimum Gasteiger partial charge on any atom is -0.411 e. The molecule has 0 fully saturated rings. The van der Waals surface area contributed by atoms with Gasteiger partial charge in [0, 0.05) is 5.57 Å². The van der Waals surface area contributed by atoms with Gasteiger partial charge in [0.1, 0.15) is 0 Å². The van der Waals surface area contributed by atoms with Crippen LogP contribution in [0.5, 0.6) is 0 Å². The number of rotatable bonds is 1. The van der Waals surface area contributed by atoms with E-state index in [0.29, 0.717) is 0 Å². The van der Waals surface area contributed by atoms with Gasteiger partial charge in [0.2, 0.25) is 0 Å². The highest BCUT2D eigenvalue weighted by atomic mass is 16.4. The molecule has 15 heavy (non-hydrogen) atoms. The van der Waals surface area contributed by atoms with Crippen LogP contribution in [0.4, 0.5) is 0 Å². The summed E-state index contributed by atoms with van der Waals surface area (Å²) in [6.07, 6.45) is 5.18. The van der Waals surface area contributed by atoms with E-state index in [2.05, 4.69) is 42.4 Å². The largest absolute Gasteiger partial charge is 0.411 e. The summed E-state index contributed by atoms with van der Waals surface area (Å²) in [7, 11) is 0. The van der Waals surface area contributed by atoms with Gasteiger partial charge in [-0.1, -0.05) is 41.1 Å². The van der Waals surface area contributed by atoms with Crippen LogP contribution in [0.1, 0.15) is 30.4 Å². The normalized spacial score (nSPS) is 19.0. The van der Waals surface area contributed by atoms with Crippen LogP contribution in [0.3, 0.4) is 0 Å². The molecule has 0 saturated carbocycles. The SMILES string of the molecule is Cc1ccc(C2=CCCCC2=NO)cc1. The molecule has 0 bridgehead atoms. The lowest BCUT2D eigenvalue weighted by Crippen LogP contribution is -2.06. The molecule has 1 N–H and O–H groups in total. The predicted molar refractivity (Wildman–Crippen MR) is 62.2 cm³/mol. The number of allylic oxidation sites excluding steroid dienone is 2. The van der Waals surface area contributed by atoms with Crippen molar-refractivity contribution in [2.75, 3.05) is 0 Å². The lowest BCUT2D eigenvalue weighted by Gasteiger charge is -2.14. The Kier molecular flexibility index (Phi) is 2.86. The first-order valence-corrected chi connectivity index (χ1v) is 5.30. The summed E-state index contributed by atoms with van der Waals surface area (Å²) in [6, 6.07) is 8.33.